The third-order valence-electron chi connectivity index (χ3n) is 5.70. The average molecular weight is 515 g/mol. The largest absolute Gasteiger partial charge is 0.384 e. The first-order valence-electron chi connectivity index (χ1n) is 10.8. The zero-order valence-electron chi connectivity index (χ0n) is 18.5. The second kappa shape index (κ2) is 11.0. The van der Waals surface area contributed by atoms with Crippen molar-refractivity contribution in [2.75, 3.05) is 16.2 Å². The minimum atomic E-state index is -3.63. The molecule has 0 amide bonds. The fourth-order valence-electron chi connectivity index (χ4n) is 3.97. The van der Waals surface area contributed by atoms with Crippen LogP contribution in [0.3, 0.4) is 0 Å². The number of rotatable bonds is 7. The Balaban J connectivity index is 0.00000324. The summed E-state index contributed by atoms with van der Waals surface area (Å²) in [5.41, 5.74) is 10.1. The lowest BCUT2D eigenvalue weighted by Crippen LogP contribution is -2.34. The van der Waals surface area contributed by atoms with Gasteiger partial charge in [0.15, 0.2) is 0 Å². The molecule has 34 heavy (non-hydrogen) atoms. The standard InChI is InChI=1S/C25H26N4O2S2.ClH/c26-25(27)19-11-8-18(9-12-19)10-15-24(32)29-16-4-5-20-17-21(13-14-23(20)29)28-33(30,31)22-6-2-1-3-7-22;/h1-3,6-9,11-14,17,28H,4-5,10,15-16H2,(H3,26,27);1H. The van der Waals surface area contributed by atoms with Crippen LogP contribution in [0.2, 0.25) is 0 Å². The van der Waals surface area contributed by atoms with E-state index >= 15 is 0 Å². The number of hydrogen-bond acceptors (Lipinski definition) is 4. The summed E-state index contributed by atoms with van der Waals surface area (Å²) >= 11 is 5.76. The molecule has 4 rings (SSSR count). The summed E-state index contributed by atoms with van der Waals surface area (Å²) in [4.78, 5) is 3.26. The van der Waals surface area contributed by atoms with Crippen molar-refractivity contribution in [2.45, 2.75) is 30.6 Å². The van der Waals surface area contributed by atoms with Crippen molar-refractivity contribution in [3.63, 3.8) is 0 Å². The number of hydrogen-bond donors (Lipinski definition) is 3. The molecule has 1 heterocycles. The van der Waals surface area contributed by atoms with E-state index in [1.807, 2.05) is 36.4 Å². The zero-order valence-corrected chi connectivity index (χ0v) is 21.0. The highest BCUT2D eigenvalue weighted by Gasteiger charge is 2.21. The molecule has 3 aromatic rings. The molecule has 0 saturated heterocycles. The molecular formula is C25H27ClN4O2S2. The fraction of sp³-hybridized carbons (Fsp3) is 0.200. The predicted molar refractivity (Wildman–Crippen MR) is 145 cm³/mol. The number of nitrogens with zero attached hydrogens (tertiary/aromatic N) is 1. The number of nitrogen functional groups attached to an aromatic ring is 1. The van der Waals surface area contributed by atoms with E-state index in [0.717, 1.165) is 54.0 Å². The van der Waals surface area contributed by atoms with Crippen LogP contribution in [0.5, 0.6) is 0 Å². The summed E-state index contributed by atoms with van der Waals surface area (Å²) in [5.74, 6) is 0.0624. The van der Waals surface area contributed by atoms with E-state index in [1.54, 1.807) is 36.4 Å². The first-order chi connectivity index (χ1) is 15.8. The summed E-state index contributed by atoms with van der Waals surface area (Å²) in [6.45, 7) is 0.851. The fourth-order valence-corrected chi connectivity index (χ4v) is 5.33. The number of thiocarbonyl (C=S) groups is 1. The summed E-state index contributed by atoms with van der Waals surface area (Å²) in [5, 5.41) is 7.50. The maximum absolute atomic E-state index is 12.7. The lowest BCUT2D eigenvalue weighted by molar-refractivity contribution is 0.601. The van der Waals surface area contributed by atoms with E-state index < -0.39 is 10.0 Å². The first-order valence-corrected chi connectivity index (χ1v) is 12.7. The van der Waals surface area contributed by atoms with E-state index in [0.29, 0.717) is 11.3 Å². The van der Waals surface area contributed by atoms with Gasteiger partial charge in [0, 0.05) is 29.9 Å². The van der Waals surface area contributed by atoms with Gasteiger partial charge in [-0.15, -0.1) is 12.4 Å². The van der Waals surface area contributed by atoms with E-state index in [4.69, 9.17) is 23.4 Å². The normalized spacial score (nSPS) is 12.9. The number of amidine groups is 1. The first kappa shape index (κ1) is 25.7. The monoisotopic (exact) mass is 514 g/mol. The van der Waals surface area contributed by atoms with Crippen LogP contribution in [0.4, 0.5) is 11.4 Å². The predicted octanol–water partition coefficient (Wildman–Crippen LogP) is 4.91. The Hall–Kier alpha value is -2.94. The van der Waals surface area contributed by atoms with Gasteiger partial charge >= 0.3 is 0 Å². The number of fused-ring (bicyclic) bond motifs is 1. The van der Waals surface area contributed by atoms with Gasteiger partial charge in [-0.1, -0.05) is 54.7 Å². The number of sulfonamides is 1. The molecule has 0 atom stereocenters. The molecule has 0 aromatic heterocycles. The van der Waals surface area contributed by atoms with Crippen molar-refractivity contribution < 1.29 is 8.42 Å². The molecule has 0 fully saturated rings. The van der Waals surface area contributed by atoms with Crippen LogP contribution in [0.15, 0.2) is 77.7 Å². The maximum atomic E-state index is 12.7. The molecule has 0 spiro atoms. The molecule has 4 N–H and O–H groups in total. The number of aryl methyl sites for hydroxylation is 2. The molecule has 0 bridgehead atoms. The number of anilines is 2. The second-order valence-corrected chi connectivity index (χ2v) is 10.2. The minimum Gasteiger partial charge on any atom is -0.384 e. The van der Waals surface area contributed by atoms with E-state index in [2.05, 4.69) is 9.62 Å². The molecule has 1 aliphatic rings. The second-order valence-electron chi connectivity index (χ2n) is 8.02. The van der Waals surface area contributed by atoms with E-state index in [-0.39, 0.29) is 23.1 Å². The van der Waals surface area contributed by atoms with Crippen LogP contribution in [-0.4, -0.2) is 25.8 Å². The van der Waals surface area contributed by atoms with Crippen molar-refractivity contribution in [1.82, 2.24) is 0 Å². The SMILES string of the molecule is Cl.N=C(N)c1ccc(CCC(=S)N2CCCc3cc(NS(=O)(=O)c4ccccc4)ccc32)cc1. The molecule has 0 radical (unpaired) electrons. The molecule has 6 nitrogen and oxygen atoms in total. The van der Waals surface area contributed by atoms with Gasteiger partial charge in [0.1, 0.15) is 5.84 Å². The Morgan fingerprint density at radius 3 is 2.44 bits per heavy atom. The highest BCUT2D eigenvalue weighted by atomic mass is 35.5. The minimum absolute atomic E-state index is 0. The third-order valence-corrected chi connectivity index (χ3v) is 7.52. The highest BCUT2D eigenvalue weighted by molar-refractivity contribution is 7.92. The van der Waals surface area contributed by atoms with Crippen LogP contribution in [-0.2, 0) is 22.9 Å². The van der Waals surface area contributed by atoms with Crippen molar-refractivity contribution >= 4 is 56.8 Å². The Morgan fingerprint density at radius 2 is 1.76 bits per heavy atom. The number of nitrogens with two attached hydrogens (primary N) is 1. The molecule has 3 aromatic carbocycles. The summed E-state index contributed by atoms with van der Waals surface area (Å²) in [6.07, 6.45) is 3.37. The van der Waals surface area contributed by atoms with Gasteiger partial charge in [0.05, 0.1) is 9.88 Å². The average Bonchev–Trinajstić information content (AvgIpc) is 2.82. The molecule has 9 heteroatoms. The van der Waals surface area contributed by atoms with Crippen LogP contribution in [0.25, 0.3) is 0 Å². The number of nitrogens with one attached hydrogen (secondary N) is 2. The molecule has 178 valence electrons. The van der Waals surface area contributed by atoms with Gasteiger partial charge in [-0.25, -0.2) is 8.42 Å². The van der Waals surface area contributed by atoms with Gasteiger partial charge in [-0.2, -0.15) is 0 Å². The van der Waals surface area contributed by atoms with Gasteiger partial charge in [0.2, 0.25) is 0 Å². The lowest BCUT2D eigenvalue weighted by Gasteiger charge is -2.32. The number of halogens is 1. The third kappa shape index (κ3) is 5.94. The van der Waals surface area contributed by atoms with Crippen LogP contribution < -0.4 is 15.4 Å². The molecule has 0 unspecified atom stereocenters. The number of benzene rings is 3. The van der Waals surface area contributed by atoms with Crippen molar-refractivity contribution in [3.05, 3.63) is 89.5 Å². The van der Waals surface area contributed by atoms with Crippen molar-refractivity contribution in [3.8, 4) is 0 Å². The van der Waals surface area contributed by atoms with Crippen LogP contribution >= 0.6 is 24.6 Å². The van der Waals surface area contributed by atoms with Gasteiger partial charge < -0.3 is 10.6 Å². The van der Waals surface area contributed by atoms with Crippen LogP contribution in [0, 0.1) is 5.41 Å². The van der Waals surface area contributed by atoms with Crippen molar-refractivity contribution in [1.29, 1.82) is 5.41 Å². The van der Waals surface area contributed by atoms with Crippen molar-refractivity contribution in [2.24, 2.45) is 5.73 Å². The Bertz CT molecular complexity index is 1280. The Morgan fingerprint density at radius 1 is 1.06 bits per heavy atom. The summed E-state index contributed by atoms with van der Waals surface area (Å²) < 4.78 is 28.0. The summed E-state index contributed by atoms with van der Waals surface area (Å²) in [7, 11) is -3.63. The van der Waals surface area contributed by atoms with E-state index in [1.165, 1.54) is 0 Å². The molecule has 0 aliphatic carbocycles. The van der Waals surface area contributed by atoms with Gasteiger partial charge in [0.25, 0.3) is 10.0 Å². The Labute approximate surface area is 212 Å². The van der Waals surface area contributed by atoms with Gasteiger partial charge in [-0.3, -0.25) is 10.1 Å². The topological polar surface area (TPSA) is 99.3 Å². The van der Waals surface area contributed by atoms with Crippen LogP contribution in [0.1, 0.15) is 29.5 Å². The maximum Gasteiger partial charge on any atom is 0.261 e. The molecule has 0 saturated carbocycles. The smallest absolute Gasteiger partial charge is 0.261 e. The Kier molecular flexibility index (Phi) is 8.30. The highest BCUT2D eigenvalue weighted by Crippen LogP contribution is 2.31. The molecular weight excluding hydrogens is 488 g/mol. The van der Waals surface area contributed by atoms with E-state index in [9.17, 15) is 8.42 Å². The zero-order chi connectivity index (χ0) is 23.4. The lowest BCUT2D eigenvalue weighted by atomic mass is 10.00. The molecule has 1 aliphatic heterocycles. The quantitative estimate of drug-likeness (QED) is 0.236. The summed E-state index contributed by atoms with van der Waals surface area (Å²) in [6, 6.07) is 21.7. The van der Waals surface area contributed by atoms with Gasteiger partial charge in [-0.05, 0) is 60.7 Å².